The Labute approximate surface area is 111 Å². The number of hydrogen-bond donors (Lipinski definition) is 2. The van der Waals surface area contributed by atoms with E-state index in [0.717, 1.165) is 35.8 Å². The minimum absolute atomic E-state index is 0.0682. The molecular formula is C12H19N3O2S. The molecule has 1 saturated heterocycles. The number of nitrogens with zero attached hydrogens (tertiary/aromatic N) is 1. The maximum Gasteiger partial charge on any atom is 0.246 e. The second-order valence-electron chi connectivity index (χ2n) is 4.40. The Kier molecular flexibility index (Phi) is 5.10. The fraction of sp³-hybridized carbons (Fsp3) is 0.667. The van der Waals surface area contributed by atoms with Gasteiger partial charge in [0.25, 0.3) is 0 Å². The quantitative estimate of drug-likeness (QED) is 0.831. The number of aromatic nitrogens is 1. The Morgan fingerprint density at radius 3 is 3.06 bits per heavy atom. The van der Waals surface area contributed by atoms with Gasteiger partial charge in [0.05, 0.1) is 12.6 Å². The smallest absolute Gasteiger partial charge is 0.246 e. The van der Waals surface area contributed by atoms with Gasteiger partial charge in [0.1, 0.15) is 11.6 Å². The molecule has 2 heterocycles. The molecule has 0 saturated carbocycles. The largest absolute Gasteiger partial charge is 0.368 e. The van der Waals surface area contributed by atoms with Crippen molar-refractivity contribution < 1.29 is 9.53 Å². The van der Waals surface area contributed by atoms with E-state index in [9.17, 15) is 4.79 Å². The van der Waals surface area contributed by atoms with Crippen LogP contribution in [0.4, 0.5) is 0 Å². The first-order valence-corrected chi connectivity index (χ1v) is 7.06. The number of aryl methyl sites for hydroxylation is 1. The summed E-state index contributed by atoms with van der Waals surface area (Å²) >= 11 is 1.60. The highest BCUT2D eigenvalue weighted by atomic mass is 32.1. The SMILES string of the molecule is Cc1cnc(CNC(=O)COC2CCNCC2)s1. The van der Waals surface area contributed by atoms with Crippen molar-refractivity contribution in [1.82, 2.24) is 15.6 Å². The van der Waals surface area contributed by atoms with Crippen molar-refractivity contribution in [3.8, 4) is 0 Å². The van der Waals surface area contributed by atoms with Gasteiger partial charge in [0, 0.05) is 11.1 Å². The van der Waals surface area contributed by atoms with E-state index in [-0.39, 0.29) is 18.6 Å². The van der Waals surface area contributed by atoms with Crippen molar-refractivity contribution >= 4 is 17.2 Å². The molecule has 0 unspecified atom stereocenters. The van der Waals surface area contributed by atoms with Crippen molar-refractivity contribution in [2.45, 2.75) is 32.4 Å². The van der Waals surface area contributed by atoms with Gasteiger partial charge in [-0.25, -0.2) is 4.98 Å². The van der Waals surface area contributed by atoms with Crippen molar-refractivity contribution in [3.05, 3.63) is 16.1 Å². The van der Waals surface area contributed by atoms with Crippen molar-refractivity contribution in [1.29, 1.82) is 0 Å². The molecule has 0 atom stereocenters. The van der Waals surface area contributed by atoms with Gasteiger partial charge in [-0.1, -0.05) is 0 Å². The zero-order valence-electron chi connectivity index (χ0n) is 10.6. The molecule has 0 radical (unpaired) electrons. The lowest BCUT2D eigenvalue weighted by atomic mass is 10.1. The van der Waals surface area contributed by atoms with Crippen LogP contribution in [0.25, 0.3) is 0 Å². The highest BCUT2D eigenvalue weighted by Gasteiger charge is 2.14. The van der Waals surface area contributed by atoms with E-state index in [0.29, 0.717) is 6.54 Å². The molecule has 100 valence electrons. The third-order valence-electron chi connectivity index (χ3n) is 2.84. The second kappa shape index (κ2) is 6.82. The first-order chi connectivity index (χ1) is 8.74. The zero-order valence-corrected chi connectivity index (χ0v) is 11.4. The van der Waals surface area contributed by atoms with Gasteiger partial charge in [-0.05, 0) is 32.9 Å². The molecule has 0 aromatic carbocycles. The number of carbonyl (C=O) groups is 1. The van der Waals surface area contributed by atoms with Crippen LogP contribution in [0, 0.1) is 6.92 Å². The molecule has 1 amide bonds. The first-order valence-electron chi connectivity index (χ1n) is 6.24. The number of hydrogen-bond acceptors (Lipinski definition) is 5. The van der Waals surface area contributed by atoms with Crippen molar-refractivity contribution in [3.63, 3.8) is 0 Å². The van der Waals surface area contributed by atoms with Gasteiger partial charge in [-0.15, -0.1) is 11.3 Å². The van der Waals surface area contributed by atoms with E-state index >= 15 is 0 Å². The standard InChI is InChI=1S/C12H19N3O2S/c1-9-6-15-12(18-9)7-14-11(16)8-17-10-2-4-13-5-3-10/h6,10,13H,2-5,7-8H2,1H3,(H,14,16). The van der Waals surface area contributed by atoms with Crippen LogP contribution in [0.1, 0.15) is 22.7 Å². The minimum atomic E-state index is -0.0682. The predicted molar refractivity (Wildman–Crippen MR) is 70.5 cm³/mol. The van der Waals surface area contributed by atoms with E-state index in [1.165, 1.54) is 0 Å². The molecule has 1 aliphatic heterocycles. The highest BCUT2D eigenvalue weighted by Crippen LogP contribution is 2.10. The number of nitrogens with one attached hydrogen (secondary N) is 2. The van der Waals surface area contributed by atoms with Crippen LogP contribution in [-0.2, 0) is 16.1 Å². The van der Waals surface area contributed by atoms with E-state index < -0.39 is 0 Å². The van der Waals surface area contributed by atoms with Gasteiger partial charge >= 0.3 is 0 Å². The Balaban J connectivity index is 1.62. The average molecular weight is 269 g/mol. The summed E-state index contributed by atoms with van der Waals surface area (Å²) in [6.45, 7) is 4.60. The van der Waals surface area contributed by atoms with Gasteiger partial charge in [0.15, 0.2) is 0 Å². The summed E-state index contributed by atoms with van der Waals surface area (Å²) in [4.78, 5) is 16.9. The summed E-state index contributed by atoms with van der Waals surface area (Å²) in [7, 11) is 0. The van der Waals surface area contributed by atoms with Crippen molar-refractivity contribution in [2.75, 3.05) is 19.7 Å². The predicted octanol–water partition coefficient (Wildman–Crippen LogP) is 0.836. The molecule has 2 N–H and O–H groups in total. The van der Waals surface area contributed by atoms with Gasteiger partial charge < -0.3 is 15.4 Å². The van der Waals surface area contributed by atoms with Crippen LogP contribution in [0.5, 0.6) is 0 Å². The summed E-state index contributed by atoms with van der Waals surface area (Å²) < 4.78 is 5.57. The number of rotatable bonds is 5. The van der Waals surface area contributed by atoms with Gasteiger partial charge in [0.2, 0.25) is 5.91 Å². The first kappa shape index (κ1) is 13.5. The number of piperidine rings is 1. The van der Waals surface area contributed by atoms with Crippen molar-refractivity contribution in [2.24, 2.45) is 0 Å². The van der Waals surface area contributed by atoms with Gasteiger partial charge in [-0.2, -0.15) is 0 Å². The number of carbonyl (C=O) groups excluding carboxylic acids is 1. The fourth-order valence-corrected chi connectivity index (χ4v) is 2.59. The molecule has 0 aliphatic carbocycles. The Hall–Kier alpha value is -0.980. The molecule has 0 spiro atoms. The topological polar surface area (TPSA) is 63.2 Å². The van der Waals surface area contributed by atoms with Crippen LogP contribution in [0.15, 0.2) is 6.20 Å². The average Bonchev–Trinajstić information content (AvgIpc) is 2.81. The number of ether oxygens (including phenoxy) is 1. The fourth-order valence-electron chi connectivity index (χ4n) is 1.86. The number of amides is 1. The summed E-state index contributed by atoms with van der Waals surface area (Å²) in [6, 6.07) is 0. The van der Waals surface area contributed by atoms with Crippen LogP contribution >= 0.6 is 11.3 Å². The number of thiazole rings is 1. The molecule has 0 bridgehead atoms. The maximum atomic E-state index is 11.6. The molecule has 18 heavy (non-hydrogen) atoms. The lowest BCUT2D eigenvalue weighted by molar-refractivity contribution is -0.128. The van der Waals surface area contributed by atoms with E-state index in [1.54, 1.807) is 11.3 Å². The molecule has 5 nitrogen and oxygen atoms in total. The Bertz CT molecular complexity index is 388. The van der Waals surface area contributed by atoms with Crippen LogP contribution in [0.3, 0.4) is 0 Å². The highest BCUT2D eigenvalue weighted by molar-refractivity contribution is 7.11. The Morgan fingerprint density at radius 1 is 1.61 bits per heavy atom. The summed E-state index contributed by atoms with van der Waals surface area (Å²) in [5.74, 6) is -0.0682. The van der Waals surface area contributed by atoms with Gasteiger partial charge in [-0.3, -0.25) is 4.79 Å². The summed E-state index contributed by atoms with van der Waals surface area (Å²) in [5.41, 5.74) is 0. The maximum absolute atomic E-state index is 11.6. The van der Waals surface area contributed by atoms with E-state index in [2.05, 4.69) is 15.6 Å². The monoisotopic (exact) mass is 269 g/mol. The van der Waals surface area contributed by atoms with E-state index in [4.69, 9.17) is 4.74 Å². The molecule has 1 aliphatic rings. The summed E-state index contributed by atoms with van der Waals surface area (Å²) in [5, 5.41) is 7.02. The molecule has 1 aromatic rings. The van der Waals surface area contributed by atoms with Crippen LogP contribution < -0.4 is 10.6 Å². The molecule has 6 heteroatoms. The molecule has 1 aromatic heterocycles. The van der Waals surface area contributed by atoms with Crippen LogP contribution in [0.2, 0.25) is 0 Å². The zero-order chi connectivity index (χ0) is 12.8. The van der Waals surface area contributed by atoms with Crippen LogP contribution in [-0.4, -0.2) is 36.7 Å². The minimum Gasteiger partial charge on any atom is -0.368 e. The molecule has 2 rings (SSSR count). The normalized spacial score (nSPS) is 16.7. The Morgan fingerprint density at radius 2 is 2.39 bits per heavy atom. The second-order valence-corrected chi connectivity index (χ2v) is 5.72. The third-order valence-corrected chi connectivity index (χ3v) is 3.75. The summed E-state index contributed by atoms with van der Waals surface area (Å²) in [6.07, 6.45) is 4.01. The lowest BCUT2D eigenvalue weighted by Crippen LogP contribution is -2.35. The van der Waals surface area contributed by atoms with E-state index in [1.807, 2.05) is 13.1 Å². The molecular weight excluding hydrogens is 250 g/mol. The third kappa shape index (κ3) is 4.36. The lowest BCUT2D eigenvalue weighted by Gasteiger charge is -2.22. The molecule has 1 fully saturated rings.